The van der Waals surface area contributed by atoms with Crippen molar-refractivity contribution >= 4 is 27.4 Å². The summed E-state index contributed by atoms with van der Waals surface area (Å²) in [5.74, 6) is 1.05. The van der Waals surface area contributed by atoms with Gasteiger partial charge in [-0.1, -0.05) is 13.0 Å². The van der Waals surface area contributed by atoms with Crippen LogP contribution in [0.3, 0.4) is 0 Å². The lowest BCUT2D eigenvalue weighted by Crippen LogP contribution is -2.24. The fraction of sp³-hybridized carbons (Fsp3) is 0.467. The van der Waals surface area contributed by atoms with Crippen LogP contribution >= 0.6 is 11.3 Å². The van der Waals surface area contributed by atoms with E-state index in [1.807, 2.05) is 0 Å². The Bertz CT molecular complexity index is 610. The highest BCUT2D eigenvalue weighted by Gasteiger charge is 2.25. The van der Waals surface area contributed by atoms with Crippen molar-refractivity contribution in [3.8, 4) is 0 Å². The first-order valence-corrected chi connectivity index (χ1v) is 7.84. The van der Waals surface area contributed by atoms with Gasteiger partial charge in [0.2, 0.25) is 0 Å². The average Bonchev–Trinajstić information content (AvgIpc) is 3.10. The van der Waals surface area contributed by atoms with Crippen molar-refractivity contribution in [2.75, 3.05) is 24.6 Å². The molecule has 1 atom stereocenters. The summed E-state index contributed by atoms with van der Waals surface area (Å²) in [6, 6.07) is 2.23. The number of fused-ring (bicyclic) bond motifs is 1. The van der Waals surface area contributed by atoms with Gasteiger partial charge < -0.3 is 9.64 Å². The minimum atomic E-state index is 0.280. The molecule has 106 valence electrons. The van der Waals surface area contributed by atoms with E-state index >= 15 is 0 Å². The number of anilines is 1. The first kappa shape index (κ1) is 13.5. The quantitative estimate of drug-likeness (QED) is 0.793. The van der Waals surface area contributed by atoms with E-state index < -0.39 is 0 Å². The monoisotopic (exact) mass is 289 g/mol. The molecule has 2 aromatic heterocycles. The number of hydrogen-bond donors (Lipinski definition) is 0. The maximum Gasteiger partial charge on any atom is 0.140 e. The molecule has 0 N–H and O–H groups in total. The molecule has 4 nitrogen and oxygen atoms in total. The molecule has 0 saturated carbocycles. The Morgan fingerprint density at radius 1 is 1.55 bits per heavy atom. The average molecular weight is 289 g/mol. The first-order chi connectivity index (χ1) is 9.81. The summed E-state index contributed by atoms with van der Waals surface area (Å²) in [5.41, 5.74) is 0. The Morgan fingerprint density at radius 3 is 3.25 bits per heavy atom. The largest absolute Gasteiger partial charge is 0.372 e. The highest BCUT2D eigenvalue weighted by atomic mass is 32.1. The van der Waals surface area contributed by atoms with Crippen LogP contribution in [0.4, 0.5) is 5.82 Å². The zero-order valence-corrected chi connectivity index (χ0v) is 12.5. The van der Waals surface area contributed by atoms with Gasteiger partial charge in [-0.15, -0.1) is 17.9 Å². The van der Waals surface area contributed by atoms with Crippen LogP contribution in [0.1, 0.15) is 18.2 Å². The SMILES string of the molecule is C=CCOC1CCN(c2ncnc3sc(CC)cc23)C1. The summed E-state index contributed by atoms with van der Waals surface area (Å²) in [4.78, 5) is 13.6. The number of aromatic nitrogens is 2. The minimum absolute atomic E-state index is 0.280. The Morgan fingerprint density at radius 2 is 2.45 bits per heavy atom. The topological polar surface area (TPSA) is 38.2 Å². The summed E-state index contributed by atoms with van der Waals surface area (Å²) in [6.45, 7) is 8.38. The van der Waals surface area contributed by atoms with E-state index in [9.17, 15) is 0 Å². The third-order valence-corrected chi connectivity index (χ3v) is 4.79. The van der Waals surface area contributed by atoms with Crippen molar-refractivity contribution in [2.45, 2.75) is 25.9 Å². The van der Waals surface area contributed by atoms with Gasteiger partial charge in [-0.3, -0.25) is 0 Å². The number of thiophene rings is 1. The Hall–Kier alpha value is -1.46. The molecule has 0 bridgehead atoms. The molecule has 0 spiro atoms. The molecule has 1 saturated heterocycles. The third-order valence-electron chi connectivity index (χ3n) is 3.60. The van der Waals surface area contributed by atoms with Crippen LogP contribution in [-0.2, 0) is 11.2 Å². The minimum Gasteiger partial charge on any atom is -0.372 e. The van der Waals surface area contributed by atoms with Crippen molar-refractivity contribution in [1.29, 1.82) is 0 Å². The van der Waals surface area contributed by atoms with E-state index in [2.05, 4.69) is 34.4 Å². The standard InChI is InChI=1S/C15H19N3OS/c1-3-7-19-11-5-6-18(9-11)14-13-8-12(4-2)20-15(13)17-10-16-14/h3,8,10-11H,1,4-7,9H2,2H3. The van der Waals surface area contributed by atoms with E-state index in [-0.39, 0.29) is 6.10 Å². The van der Waals surface area contributed by atoms with Crippen LogP contribution in [0.2, 0.25) is 0 Å². The summed E-state index contributed by atoms with van der Waals surface area (Å²) in [6.07, 6.45) is 5.85. The number of rotatable bonds is 5. The Labute approximate surface area is 123 Å². The lowest BCUT2D eigenvalue weighted by atomic mass is 10.3. The molecule has 20 heavy (non-hydrogen) atoms. The molecular weight excluding hydrogens is 270 g/mol. The Kier molecular flexibility index (Phi) is 3.98. The van der Waals surface area contributed by atoms with Gasteiger partial charge in [0.05, 0.1) is 18.1 Å². The molecule has 1 aliphatic heterocycles. The van der Waals surface area contributed by atoms with Crippen molar-refractivity contribution in [3.05, 3.63) is 29.9 Å². The Balaban J connectivity index is 1.83. The van der Waals surface area contributed by atoms with Crippen molar-refractivity contribution in [3.63, 3.8) is 0 Å². The fourth-order valence-corrected chi connectivity index (χ4v) is 3.51. The molecule has 0 aromatic carbocycles. The molecular formula is C15H19N3OS. The van der Waals surface area contributed by atoms with E-state index in [0.717, 1.165) is 36.6 Å². The fourth-order valence-electron chi connectivity index (χ4n) is 2.58. The van der Waals surface area contributed by atoms with Gasteiger partial charge in [0.25, 0.3) is 0 Å². The zero-order valence-electron chi connectivity index (χ0n) is 11.7. The van der Waals surface area contributed by atoms with Gasteiger partial charge in [0.15, 0.2) is 0 Å². The maximum absolute atomic E-state index is 5.74. The third kappa shape index (κ3) is 2.55. The van der Waals surface area contributed by atoms with Crippen LogP contribution in [0, 0.1) is 0 Å². The van der Waals surface area contributed by atoms with Crippen LogP contribution in [0.15, 0.2) is 25.0 Å². The molecule has 1 aliphatic rings. The first-order valence-electron chi connectivity index (χ1n) is 7.02. The lowest BCUT2D eigenvalue weighted by molar-refractivity contribution is 0.0909. The second kappa shape index (κ2) is 5.89. The van der Waals surface area contributed by atoms with Gasteiger partial charge in [0, 0.05) is 18.0 Å². The smallest absolute Gasteiger partial charge is 0.140 e. The van der Waals surface area contributed by atoms with Crippen LogP contribution in [0.5, 0.6) is 0 Å². The molecule has 1 unspecified atom stereocenters. The summed E-state index contributed by atoms with van der Waals surface area (Å²) in [7, 11) is 0. The number of ether oxygens (including phenoxy) is 1. The molecule has 5 heteroatoms. The normalized spacial score (nSPS) is 18.9. The highest BCUT2D eigenvalue weighted by molar-refractivity contribution is 7.18. The molecule has 3 heterocycles. The van der Waals surface area contributed by atoms with Gasteiger partial charge in [-0.2, -0.15) is 0 Å². The lowest BCUT2D eigenvalue weighted by Gasteiger charge is -2.17. The summed E-state index contributed by atoms with van der Waals surface area (Å²) in [5, 5.41) is 1.18. The number of hydrogen-bond acceptors (Lipinski definition) is 5. The number of aryl methyl sites for hydroxylation is 1. The molecule has 0 aliphatic carbocycles. The molecule has 2 aromatic rings. The van der Waals surface area contributed by atoms with Gasteiger partial charge in [0.1, 0.15) is 17.0 Å². The van der Waals surface area contributed by atoms with E-state index in [4.69, 9.17) is 4.74 Å². The van der Waals surface area contributed by atoms with Crippen molar-refractivity contribution < 1.29 is 4.74 Å². The van der Waals surface area contributed by atoms with Crippen molar-refractivity contribution in [1.82, 2.24) is 9.97 Å². The number of nitrogens with zero attached hydrogens (tertiary/aromatic N) is 3. The van der Waals surface area contributed by atoms with Crippen molar-refractivity contribution in [2.24, 2.45) is 0 Å². The van der Waals surface area contributed by atoms with Gasteiger partial charge in [-0.05, 0) is 18.9 Å². The highest BCUT2D eigenvalue weighted by Crippen LogP contribution is 2.32. The van der Waals surface area contributed by atoms with E-state index in [1.165, 1.54) is 10.3 Å². The van der Waals surface area contributed by atoms with Crippen LogP contribution < -0.4 is 4.90 Å². The second-order valence-electron chi connectivity index (χ2n) is 4.96. The molecule has 1 fully saturated rings. The predicted octanol–water partition coefficient (Wildman–Crippen LogP) is 3.04. The van der Waals surface area contributed by atoms with Gasteiger partial charge in [-0.25, -0.2) is 9.97 Å². The van der Waals surface area contributed by atoms with Crippen LogP contribution in [-0.4, -0.2) is 35.8 Å². The van der Waals surface area contributed by atoms with E-state index in [1.54, 1.807) is 23.7 Å². The second-order valence-corrected chi connectivity index (χ2v) is 6.08. The van der Waals surface area contributed by atoms with Gasteiger partial charge >= 0.3 is 0 Å². The summed E-state index contributed by atoms with van der Waals surface area (Å²) >= 11 is 1.76. The zero-order chi connectivity index (χ0) is 13.9. The maximum atomic E-state index is 5.74. The van der Waals surface area contributed by atoms with Crippen LogP contribution in [0.25, 0.3) is 10.2 Å². The molecule has 0 amide bonds. The molecule has 3 rings (SSSR count). The van der Waals surface area contributed by atoms with E-state index in [0.29, 0.717) is 6.61 Å². The summed E-state index contributed by atoms with van der Waals surface area (Å²) < 4.78 is 5.74. The predicted molar refractivity (Wildman–Crippen MR) is 83.6 cm³/mol. The molecule has 0 radical (unpaired) electrons.